The van der Waals surface area contributed by atoms with Gasteiger partial charge in [0.25, 0.3) is 0 Å². The highest BCUT2D eigenvalue weighted by molar-refractivity contribution is 5.33. The second-order valence-corrected chi connectivity index (χ2v) is 3.92. The Balaban J connectivity index is 2.96. The second kappa shape index (κ2) is 6.55. The lowest BCUT2D eigenvalue weighted by Gasteiger charge is -2.26. The van der Waals surface area contributed by atoms with Gasteiger partial charge in [0.05, 0.1) is 17.7 Å². The third-order valence-corrected chi connectivity index (χ3v) is 2.69. The Morgan fingerprint density at radius 2 is 2.06 bits per heavy atom. The highest BCUT2D eigenvalue weighted by atomic mass is 15.1. The van der Waals surface area contributed by atoms with Crippen LogP contribution in [0.5, 0.6) is 0 Å². The van der Waals surface area contributed by atoms with Crippen molar-refractivity contribution in [2.45, 2.75) is 19.4 Å². The van der Waals surface area contributed by atoms with Crippen molar-refractivity contribution in [3.63, 3.8) is 0 Å². The van der Waals surface area contributed by atoms with E-state index in [9.17, 15) is 0 Å². The molecule has 1 aromatic carbocycles. The molecule has 0 aliphatic heterocycles. The Bertz CT molecular complexity index is 423. The molecular formula is C15H18N2. The van der Waals surface area contributed by atoms with E-state index < -0.39 is 0 Å². The van der Waals surface area contributed by atoms with Crippen LogP contribution in [-0.4, -0.2) is 11.9 Å². The average Bonchev–Trinajstić information content (AvgIpc) is 2.36. The number of nitriles is 1. The molecule has 0 heterocycles. The molecule has 0 radical (unpaired) electrons. The van der Waals surface area contributed by atoms with Gasteiger partial charge in [0.2, 0.25) is 0 Å². The SMILES string of the molecule is C=CCC(c1ccc(C#N)cc1)N(C)/C=C\C. The van der Waals surface area contributed by atoms with E-state index in [2.05, 4.69) is 17.5 Å². The van der Waals surface area contributed by atoms with E-state index in [0.29, 0.717) is 5.56 Å². The zero-order valence-corrected chi connectivity index (χ0v) is 10.4. The van der Waals surface area contributed by atoms with E-state index in [1.165, 1.54) is 5.56 Å². The summed E-state index contributed by atoms with van der Waals surface area (Å²) in [5.74, 6) is 0. The molecule has 0 N–H and O–H groups in total. The Morgan fingerprint density at radius 3 is 2.53 bits per heavy atom. The molecule has 0 amide bonds. The number of benzene rings is 1. The van der Waals surface area contributed by atoms with Crippen molar-refractivity contribution in [1.29, 1.82) is 5.26 Å². The van der Waals surface area contributed by atoms with E-state index in [-0.39, 0.29) is 6.04 Å². The molecule has 1 unspecified atom stereocenters. The van der Waals surface area contributed by atoms with Crippen LogP contribution in [0.4, 0.5) is 0 Å². The predicted molar refractivity (Wildman–Crippen MR) is 71.3 cm³/mol. The van der Waals surface area contributed by atoms with E-state index in [4.69, 9.17) is 5.26 Å². The van der Waals surface area contributed by atoms with Crippen LogP contribution in [0, 0.1) is 11.3 Å². The second-order valence-electron chi connectivity index (χ2n) is 3.92. The van der Waals surface area contributed by atoms with E-state index in [1.807, 2.05) is 56.6 Å². The van der Waals surface area contributed by atoms with Gasteiger partial charge in [0.1, 0.15) is 0 Å². The molecule has 0 saturated heterocycles. The van der Waals surface area contributed by atoms with Gasteiger partial charge in [-0.3, -0.25) is 0 Å². The largest absolute Gasteiger partial charge is 0.373 e. The maximum atomic E-state index is 8.78. The van der Waals surface area contributed by atoms with Crippen molar-refractivity contribution in [3.8, 4) is 6.07 Å². The summed E-state index contributed by atoms with van der Waals surface area (Å²) in [5.41, 5.74) is 1.89. The van der Waals surface area contributed by atoms with Gasteiger partial charge in [0.15, 0.2) is 0 Å². The van der Waals surface area contributed by atoms with Gasteiger partial charge in [-0.15, -0.1) is 6.58 Å². The number of hydrogen-bond acceptors (Lipinski definition) is 2. The minimum atomic E-state index is 0.274. The molecule has 17 heavy (non-hydrogen) atoms. The van der Waals surface area contributed by atoms with Gasteiger partial charge >= 0.3 is 0 Å². The summed E-state index contributed by atoms with van der Waals surface area (Å²) >= 11 is 0. The molecule has 0 spiro atoms. The first kappa shape index (κ1) is 13.1. The van der Waals surface area contributed by atoms with Gasteiger partial charge in [0, 0.05) is 7.05 Å². The van der Waals surface area contributed by atoms with Crippen LogP contribution < -0.4 is 0 Å². The zero-order chi connectivity index (χ0) is 12.7. The number of hydrogen-bond donors (Lipinski definition) is 0. The van der Waals surface area contributed by atoms with Crippen molar-refractivity contribution in [1.82, 2.24) is 4.90 Å². The van der Waals surface area contributed by atoms with Crippen molar-refractivity contribution >= 4 is 0 Å². The fourth-order valence-corrected chi connectivity index (χ4v) is 1.81. The fourth-order valence-electron chi connectivity index (χ4n) is 1.81. The first-order chi connectivity index (χ1) is 8.22. The average molecular weight is 226 g/mol. The maximum absolute atomic E-state index is 8.78. The summed E-state index contributed by atoms with van der Waals surface area (Å²) in [5, 5.41) is 8.78. The monoisotopic (exact) mass is 226 g/mol. The first-order valence-corrected chi connectivity index (χ1v) is 5.68. The maximum Gasteiger partial charge on any atom is 0.0991 e. The van der Waals surface area contributed by atoms with Crippen LogP contribution in [0.2, 0.25) is 0 Å². The quantitative estimate of drug-likeness (QED) is 0.717. The number of allylic oxidation sites excluding steroid dienone is 1. The Morgan fingerprint density at radius 1 is 1.41 bits per heavy atom. The summed E-state index contributed by atoms with van der Waals surface area (Å²) in [6.07, 6.45) is 6.86. The summed E-state index contributed by atoms with van der Waals surface area (Å²) in [6, 6.07) is 10.1. The molecule has 2 nitrogen and oxygen atoms in total. The predicted octanol–water partition coefficient (Wildman–Crippen LogP) is 3.64. The molecule has 1 rings (SSSR count). The first-order valence-electron chi connectivity index (χ1n) is 5.68. The van der Waals surface area contributed by atoms with Crippen LogP contribution >= 0.6 is 0 Å². The molecule has 0 bridgehead atoms. The minimum absolute atomic E-state index is 0.274. The normalized spacial score (nSPS) is 12.1. The lowest BCUT2D eigenvalue weighted by Crippen LogP contribution is -2.18. The third kappa shape index (κ3) is 3.49. The number of rotatable bonds is 5. The molecule has 2 heteroatoms. The van der Waals surface area contributed by atoms with E-state index in [0.717, 1.165) is 6.42 Å². The van der Waals surface area contributed by atoms with E-state index >= 15 is 0 Å². The lowest BCUT2D eigenvalue weighted by molar-refractivity contribution is 0.338. The van der Waals surface area contributed by atoms with Crippen molar-refractivity contribution in [3.05, 3.63) is 60.3 Å². The minimum Gasteiger partial charge on any atom is -0.373 e. The molecular weight excluding hydrogens is 208 g/mol. The van der Waals surface area contributed by atoms with Crippen LogP contribution in [0.1, 0.15) is 30.5 Å². The summed E-state index contributed by atoms with van der Waals surface area (Å²) in [6.45, 7) is 5.80. The molecule has 0 aliphatic carbocycles. The Kier molecular flexibility index (Phi) is 5.03. The number of nitrogens with zero attached hydrogens (tertiary/aromatic N) is 2. The Hall–Kier alpha value is -2.01. The molecule has 1 aromatic rings. The molecule has 0 aliphatic rings. The van der Waals surface area contributed by atoms with Crippen molar-refractivity contribution < 1.29 is 0 Å². The smallest absolute Gasteiger partial charge is 0.0991 e. The lowest BCUT2D eigenvalue weighted by atomic mass is 10.0. The third-order valence-electron chi connectivity index (χ3n) is 2.69. The molecule has 0 aromatic heterocycles. The van der Waals surface area contributed by atoms with Crippen LogP contribution in [0.3, 0.4) is 0 Å². The standard InChI is InChI=1S/C15H18N2/c1-4-6-15(17(3)11-5-2)14-9-7-13(12-16)8-10-14/h4-5,7-11,15H,1,6H2,2-3H3/b11-5-. The molecule has 88 valence electrons. The fraction of sp³-hybridized carbons (Fsp3) is 0.267. The summed E-state index contributed by atoms with van der Waals surface area (Å²) in [4.78, 5) is 2.16. The topological polar surface area (TPSA) is 27.0 Å². The van der Waals surface area contributed by atoms with Crippen LogP contribution in [0.15, 0.2) is 49.2 Å². The van der Waals surface area contributed by atoms with Gasteiger partial charge in [-0.2, -0.15) is 5.26 Å². The highest BCUT2D eigenvalue weighted by Gasteiger charge is 2.12. The van der Waals surface area contributed by atoms with E-state index in [1.54, 1.807) is 0 Å². The van der Waals surface area contributed by atoms with Crippen LogP contribution in [0.25, 0.3) is 0 Å². The summed E-state index contributed by atoms with van der Waals surface area (Å²) < 4.78 is 0. The Labute approximate surface area is 103 Å². The van der Waals surface area contributed by atoms with Gasteiger partial charge < -0.3 is 4.90 Å². The molecule has 1 atom stereocenters. The summed E-state index contributed by atoms with van der Waals surface area (Å²) in [7, 11) is 2.05. The molecule has 0 saturated carbocycles. The van der Waals surface area contributed by atoms with Gasteiger partial charge in [-0.1, -0.05) is 24.3 Å². The van der Waals surface area contributed by atoms with Gasteiger partial charge in [-0.05, 0) is 37.2 Å². The highest BCUT2D eigenvalue weighted by Crippen LogP contribution is 2.24. The zero-order valence-electron chi connectivity index (χ0n) is 10.4. The van der Waals surface area contributed by atoms with Crippen LogP contribution in [-0.2, 0) is 0 Å². The molecule has 0 fully saturated rings. The van der Waals surface area contributed by atoms with Crippen molar-refractivity contribution in [2.75, 3.05) is 7.05 Å². The van der Waals surface area contributed by atoms with Gasteiger partial charge in [-0.25, -0.2) is 0 Å². The van der Waals surface area contributed by atoms with Crippen molar-refractivity contribution in [2.24, 2.45) is 0 Å².